The van der Waals surface area contributed by atoms with E-state index in [-0.39, 0.29) is 25.5 Å². The summed E-state index contributed by atoms with van der Waals surface area (Å²) in [7, 11) is 0. The fourth-order valence-corrected chi connectivity index (χ4v) is 2.36. The molecule has 0 spiro atoms. The van der Waals surface area contributed by atoms with Gasteiger partial charge in [-0.05, 0) is 17.7 Å². The van der Waals surface area contributed by atoms with Crippen LogP contribution in [0.15, 0.2) is 24.3 Å². The van der Waals surface area contributed by atoms with Gasteiger partial charge in [0.2, 0.25) is 5.91 Å². The van der Waals surface area contributed by atoms with Crippen LogP contribution in [0, 0.1) is 0 Å². The normalized spacial score (nSPS) is 16.7. The van der Waals surface area contributed by atoms with E-state index in [1.165, 1.54) is 29.2 Å². The van der Waals surface area contributed by atoms with Gasteiger partial charge in [-0.2, -0.15) is 13.2 Å². The van der Waals surface area contributed by atoms with E-state index in [0.29, 0.717) is 10.6 Å². The summed E-state index contributed by atoms with van der Waals surface area (Å²) in [6, 6.07) is 3.83. The first kappa shape index (κ1) is 17.4. The van der Waals surface area contributed by atoms with Gasteiger partial charge >= 0.3 is 12.2 Å². The highest BCUT2D eigenvalue weighted by Gasteiger charge is 2.34. The number of halogens is 4. The third kappa shape index (κ3) is 5.31. The molecule has 0 unspecified atom stereocenters. The molecule has 1 saturated heterocycles. The van der Waals surface area contributed by atoms with Crippen molar-refractivity contribution >= 4 is 23.5 Å². The second-order valence-electron chi connectivity index (χ2n) is 5.14. The summed E-state index contributed by atoms with van der Waals surface area (Å²) in [6.07, 6.45) is -5.66. The molecule has 1 aliphatic rings. The SMILES string of the molecule is O=C1CN(C(=O)N[C@@H](CC(F)(F)F)c2ccc(Cl)cc2)CCN1. The van der Waals surface area contributed by atoms with Crippen LogP contribution in [0.4, 0.5) is 18.0 Å². The number of nitrogens with one attached hydrogen (secondary N) is 2. The molecule has 2 N–H and O–H groups in total. The van der Waals surface area contributed by atoms with Crippen molar-refractivity contribution in [2.75, 3.05) is 19.6 Å². The third-order valence-corrected chi connectivity index (χ3v) is 3.58. The highest BCUT2D eigenvalue weighted by molar-refractivity contribution is 6.30. The molecule has 1 aliphatic heterocycles. The predicted molar refractivity (Wildman–Crippen MR) is 78.0 cm³/mol. The summed E-state index contributed by atoms with van der Waals surface area (Å²) in [6.45, 7) is 0.346. The second kappa shape index (κ2) is 7.08. The van der Waals surface area contributed by atoms with Gasteiger partial charge in [-0.3, -0.25) is 4.79 Å². The molecule has 3 amide bonds. The molecule has 5 nitrogen and oxygen atoms in total. The molecule has 1 aromatic carbocycles. The lowest BCUT2D eigenvalue weighted by atomic mass is 10.0. The van der Waals surface area contributed by atoms with Gasteiger partial charge in [0.15, 0.2) is 0 Å². The zero-order chi connectivity index (χ0) is 17.0. The Labute approximate surface area is 135 Å². The molecule has 1 atom stereocenters. The molecule has 0 aromatic heterocycles. The molecule has 1 aromatic rings. The maximum Gasteiger partial charge on any atom is 0.391 e. The van der Waals surface area contributed by atoms with Gasteiger partial charge in [-0.1, -0.05) is 23.7 Å². The lowest BCUT2D eigenvalue weighted by Gasteiger charge is -2.29. The van der Waals surface area contributed by atoms with E-state index in [4.69, 9.17) is 11.6 Å². The molecule has 1 fully saturated rings. The van der Waals surface area contributed by atoms with Gasteiger partial charge in [0.1, 0.15) is 6.54 Å². The summed E-state index contributed by atoms with van der Waals surface area (Å²) in [4.78, 5) is 24.6. The van der Waals surface area contributed by atoms with Crippen molar-refractivity contribution in [3.63, 3.8) is 0 Å². The number of hydrogen-bond acceptors (Lipinski definition) is 2. The minimum atomic E-state index is -4.45. The van der Waals surface area contributed by atoms with Crippen molar-refractivity contribution in [1.29, 1.82) is 0 Å². The Hall–Kier alpha value is -1.96. The van der Waals surface area contributed by atoms with Crippen molar-refractivity contribution in [3.8, 4) is 0 Å². The first-order valence-corrected chi connectivity index (χ1v) is 7.27. The number of carbonyl (C=O) groups excluding carboxylic acids is 2. The summed E-state index contributed by atoms with van der Waals surface area (Å²) < 4.78 is 38.3. The fraction of sp³-hybridized carbons (Fsp3) is 0.429. The zero-order valence-electron chi connectivity index (χ0n) is 12.0. The molecule has 1 heterocycles. The van der Waals surface area contributed by atoms with Crippen molar-refractivity contribution in [2.45, 2.75) is 18.6 Å². The smallest absolute Gasteiger partial charge is 0.353 e. The molecule has 0 saturated carbocycles. The number of alkyl halides is 3. The Bertz CT molecular complexity index is 578. The van der Waals surface area contributed by atoms with Crippen molar-refractivity contribution in [1.82, 2.24) is 15.5 Å². The number of benzene rings is 1. The van der Waals surface area contributed by atoms with E-state index in [1.54, 1.807) is 0 Å². The van der Waals surface area contributed by atoms with Gasteiger partial charge in [0.05, 0.1) is 12.5 Å². The van der Waals surface area contributed by atoms with Gasteiger partial charge in [0, 0.05) is 18.1 Å². The molecule has 9 heteroatoms. The number of carbonyl (C=O) groups is 2. The molecule has 2 rings (SSSR count). The topological polar surface area (TPSA) is 61.4 Å². The van der Waals surface area contributed by atoms with Crippen LogP contribution in [0.3, 0.4) is 0 Å². The number of nitrogens with zero attached hydrogens (tertiary/aromatic N) is 1. The van der Waals surface area contributed by atoms with Gasteiger partial charge in [-0.15, -0.1) is 0 Å². The van der Waals surface area contributed by atoms with Crippen molar-refractivity contribution in [3.05, 3.63) is 34.9 Å². The van der Waals surface area contributed by atoms with E-state index in [2.05, 4.69) is 10.6 Å². The Morgan fingerprint density at radius 3 is 2.57 bits per heavy atom. The Balaban J connectivity index is 2.12. The highest BCUT2D eigenvalue weighted by Crippen LogP contribution is 2.30. The van der Waals surface area contributed by atoms with E-state index in [0.717, 1.165) is 0 Å². The maximum absolute atomic E-state index is 12.8. The summed E-state index contributed by atoms with van der Waals surface area (Å²) in [5.74, 6) is -0.342. The predicted octanol–water partition coefficient (Wildman–Crippen LogP) is 2.47. The standard InChI is InChI=1S/C14H15ClF3N3O2/c15-10-3-1-9(2-4-10)11(7-14(16,17)18)20-13(23)21-6-5-19-12(22)8-21/h1-4,11H,5-8H2,(H,19,22)(H,20,23)/t11-/m0/s1. The van der Waals surface area contributed by atoms with Crippen LogP contribution in [0.25, 0.3) is 0 Å². The second-order valence-corrected chi connectivity index (χ2v) is 5.58. The zero-order valence-corrected chi connectivity index (χ0v) is 12.7. The number of hydrogen-bond donors (Lipinski definition) is 2. The van der Waals surface area contributed by atoms with Gasteiger partial charge in [-0.25, -0.2) is 4.79 Å². The van der Waals surface area contributed by atoms with Crippen molar-refractivity contribution < 1.29 is 22.8 Å². The van der Waals surface area contributed by atoms with Gasteiger partial charge in [0.25, 0.3) is 0 Å². The quantitative estimate of drug-likeness (QED) is 0.880. The van der Waals surface area contributed by atoms with E-state index in [9.17, 15) is 22.8 Å². The molecule has 0 bridgehead atoms. The summed E-state index contributed by atoms with van der Waals surface area (Å²) in [5.41, 5.74) is 0.293. The molecule has 0 radical (unpaired) electrons. The first-order valence-electron chi connectivity index (χ1n) is 6.89. The van der Waals surface area contributed by atoms with E-state index >= 15 is 0 Å². The summed E-state index contributed by atoms with van der Waals surface area (Å²) in [5, 5.41) is 5.27. The van der Waals surface area contributed by atoms with Crippen LogP contribution < -0.4 is 10.6 Å². The van der Waals surface area contributed by atoms with Crippen LogP contribution >= 0.6 is 11.6 Å². The lowest BCUT2D eigenvalue weighted by molar-refractivity contribution is -0.140. The Kier molecular flexibility index (Phi) is 5.35. The van der Waals surface area contributed by atoms with E-state index in [1.807, 2.05) is 0 Å². The molecule has 126 valence electrons. The molecular weight excluding hydrogens is 335 g/mol. The van der Waals surface area contributed by atoms with Crippen LogP contribution in [0.1, 0.15) is 18.0 Å². The average molecular weight is 350 g/mol. The van der Waals surface area contributed by atoms with E-state index < -0.39 is 24.7 Å². The van der Waals surface area contributed by atoms with Crippen LogP contribution in [-0.4, -0.2) is 42.6 Å². The van der Waals surface area contributed by atoms with Crippen LogP contribution in [0.5, 0.6) is 0 Å². The number of amides is 3. The average Bonchev–Trinajstić information content (AvgIpc) is 2.46. The number of urea groups is 1. The van der Waals surface area contributed by atoms with Crippen molar-refractivity contribution in [2.24, 2.45) is 0 Å². The fourth-order valence-electron chi connectivity index (χ4n) is 2.23. The van der Waals surface area contributed by atoms with Gasteiger partial charge < -0.3 is 15.5 Å². The largest absolute Gasteiger partial charge is 0.391 e. The number of piperazine rings is 1. The Morgan fingerprint density at radius 1 is 1.35 bits per heavy atom. The molecule has 0 aliphatic carbocycles. The van der Waals surface area contributed by atoms with Crippen LogP contribution in [0.2, 0.25) is 5.02 Å². The Morgan fingerprint density at radius 2 is 2.00 bits per heavy atom. The monoisotopic (exact) mass is 349 g/mol. The van der Waals surface area contributed by atoms with Crippen LogP contribution in [-0.2, 0) is 4.79 Å². The molecule has 23 heavy (non-hydrogen) atoms. The first-order chi connectivity index (χ1) is 10.7. The lowest BCUT2D eigenvalue weighted by Crippen LogP contribution is -2.53. The summed E-state index contributed by atoms with van der Waals surface area (Å²) >= 11 is 5.73. The third-order valence-electron chi connectivity index (χ3n) is 3.33. The number of rotatable bonds is 3. The molecular formula is C14H15ClF3N3O2. The maximum atomic E-state index is 12.8. The minimum absolute atomic E-state index is 0.175. The minimum Gasteiger partial charge on any atom is -0.353 e. The highest BCUT2D eigenvalue weighted by atomic mass is 35.5.